The molecule has 7 heteroatoms. The maximum absolute atomic E-state index is 12.7. The van der Waals surface area contributed by atoms with E-state index < -0.39 is 12.5 Å². The zero-order chi connectivity index (χ0) is 16.0. The van der Waals surface area contributed by atoms with Gasteiger partial charge in [0.2, 0.25) is 5.91 Å². The van der Waals surface area contributed by atoms with Crippen LogP contribution in [0.25, 0.3) is 6.08 Å². The van der Waals surface area contributed by atoms with Crippen LogP contribution in [0.15, 0.2) is 30.3 Å². The van der Waals surface area contributed by atoms with Crippen LogP contribution in [0.2, 0.25) is 0 Å². The highest BCUT2D eigenvalue weighted by Crippen LogP contribution is 2.27. The second kappa shape index (κ2) is 7.10. The molecule has 0 heterocycles. The molecular weight excluding hydrogens is 290 g/mol. The smallest absolute Gasteiger partial charge is 0.428 e. The van der Waals surface area contributed by atoms with E-state index in [0.717, 1.165) is 12.1 Å². The maximum atomic E-state index is 12.7. The molecule has 1 amide bonds. The van der Waals surface area contributed by atoms with Gasteiger partial charge < -0.3 is 10.1 Å². The van der Waals surface area contributed by atoms with Gasteiger partial charge in [0.1, 0.15) is 5.75 Å². The van der Waals surface area contributed by atoms with Crippen LogP contribution in [0.3, 0.4) is 0 Å². The van der Waals surface area contributed by atoms with Crippen LogP contribution in [-0.4, -0.2) is 24.5 Å². The third-order valence-electron chi connectivity index (χ3n) is 2.25. The number of nitrogens with one attached hydrogen (secondary N) is 1. The summed E-state index contributed by atoms with van der Waals surface area (Å²) in [5.74, 6) is -0.682. The molecule has 0 unspecified atom stereocenters. The Bertz CT molecular complexity index is 498. The number of carbonyl (C=O) groups excluding carboxylic acids is 1. The standard InChI is InChI=1S/C14H15F4NO2/c1-9(2)19-12(20)8-5-10-3-6-11(7-4-10)21-14(17,18)13(15)16/h3-9,13H,1-2H3,(H,19,20). The molecule has 0 spiro atoms. The van der Waals surface area contributed by atoms with E-state index >= 15 is 0 Å². The van der Waals surface area contributed by atoms with E-state index in [-0.39, 0.29) is 17.7 Å². The second-order valence-electron chi connectivity index (χ2n) is 4.53. The molecule has 0 radical (unpaired) electrons. The van der Waals surface area contributed by atoms with Gasteiger partial charge in [0.05, 0.1) is 0 Å². The quantitative estimate of drug-likeness (QED) is 0.645. The summed E-state index contributed by atoms with van der Waals surface area (Å²) in [6, 6.07) is 4.98. The highest BCUT2D eigenvalue weighted by molar-refractivity contribution is 5.91. The zero-order valence-electron chi connectivity index (χ0n) is 11.4. The van der Waals surface area contributed by atoms with Gasteiger partial charge in [-0.1, -0.05) is 12.1 Å². The number of rotatable bonds is 6. The zero-order valence-corrected chi connectivity index (χ0v) is 11.4. The van der Waals surface area contributed by atoms with Crippen molar-refractivity contribution >= 4 is 12.0 Å². The molecule has 0 saturated heterocycles. The average Bonchev–Trinajstić information content (AvgIpc) is 2.36. The number of hydrogen-bond acceptors (Lipinski definition) is 2. The topological polar surface area (TPSA) is 38.3 Å². The van der Waals surface area contributed by atoms with Crippen molar-refractivity contribution in [2.75, 3.05) is 0 Å². The molecule has 0 bridgehead atoms. The van der Waals surface area contributed by atoms with Crippen LogP contribution in [0.1, 0.15) is 19.4 Å². The van der Waals surface area contributed by atoms with Crippen molar-refractivity contribution in [1.82, 2.24) is 5.32 Å². The number of benzene rings is 1. The Balaban J connectivity index is 2.66. The van der Waals surface area contributed by atoms with Crippen LogP contribution in [0, 0.1) is 0 Å². The fourth-order valence-electron chi connectivity index (χ4n) is 1.35. The van der Waals surface area contributed by atoms with Gasteiger partial charge in [-0.05, 0) is 37.6 Å². The Kier molecular flexibility index (Phi) is 5.75. The summed E-state index contributed by atoms with van der Waals surface area (Å²) in [6.07, 6.45) is -5.69. The summed E-state index contributed by atoms with van der Waals surface area (Å²) in [6.45, 7) is 3.61. The van der Waals surface area contributed by atoms with Crippen molar-refractivity contribution in [1.29, 1.82) is 0 Å². The van der Waals surface area contributed by atoms with Gasteiger partial charge >= 0.3 is 12.5 Å². The maximum Gasteiger partial charge on any atom is 0.461 e. The van der Waals surface area contributed by atoms with Gasteiger partial charge in [-0.15, -0.1) is 0 Å². The summed E-state index contributed by atoms with van der Waals surface area (Å²) >= 11 is 0. The van der Waals surface area contributed by atoms with Gasteiger partial charge in [0.25, 0.3) is 0 Å². The second-order valence-corrected chi connectivity index (χ2v) is 4.53. The highest BCUT2D eigenvalue weighted by Gasteiger charge is 2.43. The van der Waals surface area contributed by atoms with Crippen LogP contribution < -0.4 is 10.1 Å². The summed E-state index contributed by atoms with van der Waals surface area (Å²) in [7, 11) is 0. The van der Waals surface area contributed by atoms with Gasteiger partial charge in [-0.3, -0.25) is 4.79 Å². The lowest BCUT2D eigenvalue weighted by molar-refractivity contribution is -0.253. The fraction of sp³-hybridized carbons (Fsp3) is 0.357. The van der Waals surface area contributed by atoms with Gasteiger partial charge in [-0.25, -0.2) is 0 Å². The van der Waals surface area contributed by atoms with E-state index in [1.165, 1.54) is 24.3 Å². The molecule has 0 fully saturated rings. The number of alkyl halides is 4. The molecular formula is C14H15F4NO2. The molecule has 0 aromatic heterocycles. The van der Waals surface area contributed by atoms with E-state index in [9.17, 15) is 22.4 Å². The molecule has 1 aromatic carbocycles. The van der Waals surface area contributed by atoms with Crippen molar-refractivity contribution in [3.8, 4) is 5.75 Å². The minimum atomic E-state index is -4.53. The average molecular weight is 305 g/mol. The van der Waals surface area contributed by atoms with Gasteiger partial charge in [-0.2, -0.15) is 17.6 Å². The first-order valence-electron chi connectivity index (χ1n) is 6.14. The third kappa shape index (κ3) is 5.85. The van der Waals surface area contributed by atoms with Crippen molar-refractivity contribution in [2.45, 2.75) is 32.4 Å². The number of carbonyl (C=O) groups is 1. The van der Waals surface area contributed by atoms with Crippen molar-refractivity contribution in [3.05, 3.63) is 35.9 Å². The molecule has 0 aliphatic rings. The number of halogens is 4. The molecule has 0 aliphatic heterocycles. The molecule has 3 nitrogen and oxygen atoms in total. The van der Waals surface area contributed by atoms with E-state index in [1.807, 2.05) is 0 Å². The van der Waals surface area contributed by atoms with Crippen molar-refractivity contribution < 1.29 is 27.1 Å². The SMILES string of the molecule is CC(C)NC(=O)C=Cc1ccc(OC(F)(F)C(F)F)cc1. The van der Waals surface area contributed by atoms with E-state index in [4.69, 9.17) is 0 Å². The van der Waals surface area contributed by atoms with E-state index in [2.05, 4.69) is 10.1 Å². The highest BCUT2D eigenvalue weighted by atomic mass is 19.3. The first-order valence-corrected chi connectivity index (χ1v) is 6.14. The normalized spacial score (nSPS) is 12.2. The summed E-state index contributed by atoms with van der Waals surface area (Å²) in [5, 5.41) is 2.63. The van der Waals surface area contributed by atoms with Crippen LogP contribution >= 0.6 is 0 Å². The van der Waals surface area contributed by atoms with Crippen LogP contribution in [0.5, 0.6) is 5.75 Å². The predicted molar refractivity (Wildman–Crippen MR) is 70.3 cm³/mol. The Labute approximate surface area is 119 Å². The summed E-state index contributed by atoms with van der Waals surface area (Å²) < 4.78 is 53.2. The van der Waals surface area contributed by atoms with E-state index in [1.54, 1.807) is 13.8 Å². The number of hydrogen-bond donors (Lipinski definition) is 1. The molecule has 1 N–H and O–H groups in total. The van der Waals surface area contributed by atoms with Crippen LogP contribution in [0.4, 0.5) is 17.6 Å². The largest absolute Gasteiger partial charge is 0.461 e. The Morgan fingerprint density at radius 1 is 1.24 bits per heavy atom. The Morgan fingerprint density at radius 2 is 1.81 bits per heavy atom. The molecule has 1 rings (SSSR count). The van der Waals surface area contributed by atoms with E-state index in [0.29, 0.717) is 5.56 Å². The molecule has 21 heavy (non-hydrogen) atoms. The van der Waals surface area contributed by atoms with Crippen molar-refractivity contribution in [3.63, 3.8) is 0 Å². The minimum absolute atomic E-state index is 0.00509. The lowest BCUT2D eigenvalue weighted by Gasteiger charge is -2.16. The lowest BCUT2D eigenvalue weighted by atomic mass is 10.2. The first-order chi connectivity index (χ1) is 9.70. The third-order valence-corrected chi connectivity index (χ3v) is 2.25. The first kappa shape index (κ1) is 17.0. The Morgan fingerprint density at radius 3 is 2.29 bits per heavy atom. The van der Waals surface area contributed by atoms with Gasteiger partial charge in [0.15, 0.2) is 0 Å². The number of ether oxygens (including phenoxy) is 1. The molecule has 116 valence electrons. The summed E-state index contributed by atoms with van der Waals surface area (Å²) in [4.78, 5) is 11.4. The minimum Gasteiger partial charge on any atom is -0.428 e. The fourth-order valence-corrected chi connectivity index (χ4v) is 1.35. The molecule has 1 aromatic rings. The van der Waals surface area contributed by atoms with Gasteiger partial charge in [0, 0.05) is 12.1 Å². The molecule has 0 saturated carbocycles. The van der Waals surface area contributed by atoms with Crippen LogP contribution in [-0.2, 0) is 4.79 Å². The van der Waals surface area contributed by atoms with Crippen molar-refractivity contribution in [2.24, 2.45) is 0 Å². The summed E-state index contributed by atoms with van der Waals surface area (Å²) in [5.41, 5.74) is 0.543. The molecule has 0 aliphatic carbocycles. The lowest BCUT2D eigenvalue weighted by Crippen LogP contribution is -2.33. The monoisotopic (exact) mass is 305 g/mol. The predicted octanol–water partition coefficient (Wildman–Crippen LogP) is 3.46. The molecule has 0 atom stereocenters. The number of amides is 1. The Hall–Kier alpha value is -2.05.